The molecule has 2 aromatic rings. The van der Waals surface area contributed by atoms with E-state index in [0.717, 1.165) is 43.3 Å². The zero-order chi connectivity index (χ0) is 16.4. The zero-order valence-corrected chi connectivity index (χ0v) is 15.0. The molecule has 0 aliphatic carbocycles. The van der Waals surface area contributed by atoms with E-state index < -0.39 is 0 Å². The number of nitrogens with zero attached hydrogens (tertiary/aromatic N) is 6. The van der Waals surface area contributed by atoms with Crippen LogP contribution in [0, 0.1) is 0 Å². The van der Waals surface area contributed by atoms with Gasteiger partial charge in [-0.15, -0.1) is 20.4 Å². The SMILES string of the molecule is CCOc1nnc(CN2CCC[C@H]2c2nnc3n2CCCCC3)s1. The molecule has 4 heterocycles. The maximum absolute atomic E-state index is 5.44. The molecule has 4 rings (SSSR count). The van der Waals surface area contributed by atoms with Gasteiger partial charge in [0.1, 0.15) is 16.7 Å². The van der Waals surface area contributed by atoms with Gasteiger partial charge in [-0.05, 0) is 39.2 Å². The van der Waals surface area contributed by atoms with Crippen LogP contribution in [0.1, 0.15) is 61.7 Å². The second-order valence-electron chi connectivity index (χ2n) is 6.46. The molecule has 0 N–H and O–H groups in total. The van der Waals surface area contributed by atoms with Crippen molar-refractivity contribution in [3.05, 3.63) is 16.7 Å². The molecule has 8 heteroatoms. The Balaban J connectivity index is 1.51. The molecule has 1 fully saturated rings. The Hall–Kier alpha value is -1.54. The van der Waals surface area contributed by atoms with Crippen LogP contribution in [0.15, 0.2) is 0 Å². The first-order valence-electron chi connectivity index (χ1n) is 8.96. The molecule has 1 saturated heterocycles. The average Bonchev–Trinajstić information content (AvgIpc) is 3.26. The first-order chi connectivity index (χ1) is 11.8. The van der Waals surface area contributed by atoms with Crippen LogP contribution in [0.2, 0.25) is 0 Å². The van der Waals surface area contributed by atoms with Gasteiger partial charge in [-0.2, -0.15) is 0 Å². The summed E-state index contributed by atoms with van der Waals surface area (Å²) in [7, 11) is 0. The lowest BCUT2D eigenvalue weighted by molar-refractivity contribution is 0.233. The monoisotopic (exact) mass is 348 g/mol. The van der Waals surface area contributed by atoms with Crippen molar-refractivity contribution in [2.75, 3.05) is 13.2 Å². The Morgan fingerprint density at radius 3 is 2.96 bits per heavy atom. The van der Waals surface area contributed by atoms with E-state index in [1.807, 2.05) is 6.92 Å². The number of hydrogen-bond donors (Lipinski definition) is 0. The molecule has 0 spiro atoms. The number of fused-ring (bicyclic) bond motifs is 1. The van der Waals surface area contributed by atoms with E-state index in [0.29, 0.717) is 17.8 Å². The third-order valence-corrected chi connectivity index (χ3v) is 5.67. The third kappa shape index (κ3) is 3.17. The topological polar surface area (TPSA) is 69.0 Å². The quantitative estimate of drug-likeness (QED) is 0.827. The van der Waals surface area contributed by atoms with Crippen LogP contribution < -0.4 is 4.74 Å². The molecule has 0 radical (unpaired) electrons. The summed E-state index contributed by atoms with van der Waals surface area (Å²) in [5.41, 5.74) is 0. The summed E-state index contributed by atoms with van der Waals surface area (Å²) in [5.74, 6) is 2.32. The molecular formula is C16H24N6OS. The van der Waals surface area contributed by atoms with Crippen molar-refractivity contribution in [1.29, 1.82) is 0 Å². The number of ether oxygens (including phenoxy) is 1. The lowest BCUT2D eigenvalue weighted by atomic mass is 10.2. The van der Waals surface area contributed by atoms with Crippen molar-refractivity contribution in [2.45, 2.75) is 64.6 Å². The molecule has 7 nitrogen and oxygen atoms in total. The summed E-state index contributed by atoms with van der Waals surface area (Å²) in [4.78, 5) is 2.47. The van der Waals surface area contributed by atoms with Gasteiger partial charge in [0.2, 0.25) is 0 Å². The molecular weight excluding hydrogens is 324 g/mol. The van der Waals surface area contributed by atoms with Crippen molar-refractivity contribution >= 4 is 11.3 Å². The van der Waals surface area contributed by atoms with E-state index in [1.54, 1.807) is 11.3 Å². The molecule has 0 amide bonds. The van der Waals surface area contributed by atoms with Crippen LogP contribution in [0.25, 0.3) is 0 Å². The number of aromatic nitrogens is 5. The number of rotatable bonds is 5. The normalized spacial score (nSPS) is 21.6. The van der Waals surface area contributed by atoms with Gasteiger partial charge >= 0.3 is 0 Å². The minimum atomic E-state index is 0.351. The zero-order valence-electron chi connectivity index (χ0n) is 14.1. The van der Waals surface area contributed by atoms with E-state index >= 15 is 0 Å². The van der Waals surface area contributed by atoms with E-state index in [-0.39, 0.29) is 0 Å². The fraction of sp³-hybridized carbons (Fsp3) is 0.750. The van der Waals surface area contributed by atoms with Crippen molar-refractivity contribution in [1.82, 2.24) is 29.9 Å². The van der Waals surface area contributed by atoms with Crippen molar-refractivity contribution < 1.29 is 4.74 Å². The van der Waals surface area contributed by atoms with Gasteiger partial charge in [-0.1, -0.05) is 17.8 Å². The Morgan fingerprint density at radius 1 is 1.08 bits per heavy atom. The van der Waals surface area contributed by atoms with Crippen LogP contribution in [-0.2, 0) is 19.5 Å². The van der Waals surface area contributed by atoms with E-state index in [4.69, 9.17) is 4.74 Å². The van der Waals surface area contributed by atoms with Crippen LogP contribution in [0.4, 0.5) is 0 Å². The summed E-state index contributed by atoms with van der Waals surface area (Å²) >= 11 is 1.55. The summed E-state index contributed by atoms with van der Waals surface area (Å²) in [5, 5.41) is 19.1. The Kier molecular flexibility index (Phi) is 4.75. The van der Waals surface area contributed by atoms with Gasteiger partial charge in [0.15, 0.2) is 0 Å². The molecule has 0 saturated carbocycles. The highest BCUT2D eigenvalue weighted by Crippen LogP contribution is 2.34. The molecule has 130 valence electrons. The number of likely N-dealkylation sites (tertiary alicyclic amines) is 1. The fourth-order valence-corrected chi connectivity index (χ4v) is 4.49. The highest BCUT2D eigenvalue weighted by Gasteiger charge is 2.32. The molecule has 24 heavy (non-hydrogen) atoms. The fourth-order valence-electron chi connectivity index (χ4n) is 3.72. The number of hydrogen-bond acceptors (Lipinski definition) is 7. The summed E-state index contributed by atoms with van der Waals surface area (Å²) in [6.07, 6.45) is 7.17. The first kappa shape index (κ1) is 16.0. The average molecular weight is 348 g/mol. The maximum Gasteiger partial charge on any atom is 0.294 e. The smallest absolute Gasteiger partial charge is 0.294 e. The second kappa shape index (κ2) is 7.14. The molecule has 2 aliphatic heterocycles. The highest BCUT2D eigenvalue weighted by atomic mass is 32.1. The Bertz CT molecular complexity index is 684. The molecule has 0 aromatic carbocycles. The maximum atomic E-state index is 5.44. The van der Waals surface area contributed by atoms with E-state index in [2.05, 4.69) is 29.9 Å². The summed E-state index contributed by atoms with van der Waals surface area (Å²) in [6.45, 7) is 5.56. The number of aryl methyl sites for hydroxylation is 1. The second-order valence-corrected chi connectivity index (χ2v) is 7.48. The van der Waals surface area contributed by atoms with Crippen molar-refractivity contribution in [2.24, 2.45) is 0 Å². The standard InChI is InChI=1S/C16H24N6OS/c1-2-23-16-20-18-14(24-16)11-21-9-6-7-12(21)15-19-17-13-8-4-3-5-10-22(13)15/h12H,2-11H2,1H3/t12-/m0/s1. The molecule has 0 unspecified atom stereocenters. The third-order valence-electron chi connectivity index (χ3n) is 4.85. The molecule has 2 aromatic heterocycles. The predicted octanol–water partition coefficient (Wildman–Crippen LogP) is 2.59. The minimum Gasteiger partial charge on any atom is -0.469 e. The Morgan fingerprint density at radius 2 is 2.04 bits per heavy atom. The van der Waals surface area contributed by atoms with Gasteiger partial charge in [0, 0.05) is 13.0 Å². The van der Waals surface area contributed by atoms with Gasteiger partial charge in [-0.25, -0.2) is 0 Å². The van der Waals surface area contributed by atoms with Crippen LogP contribution in [0.3, 0.4) is 0 Å². The van der Waals surface area contributed by atoms with Gasteiger partial charge < -0.3 is 9.30 Å². The van der Waals surface area contributed by atoms with Gasteiger partial charge in [0.25, 0.3) is 5.19 Å². The molecule has 2 aliphatic rings. The molecule has 1 atom stereocenters. The lowest BCUT2D eigenvalue weighted by Gasteiger charge is -2.23. The van der Waals surface area contributed by atoms with Gasteiger partial charge in [-0.3, -0.25) is 4.90 Å². The van der Waals surface area contributed by atoms with Gasteiger partial charge in [0.05, 0.1) is 19.2 Å². The van der Waals surface area contributed by atoms with E-state index in [9.17, 15) is 0 Å². The summed E-state index contributed by atoms with van der Waals surface area (Å²) < 4.78 is 7.81. The van der Waals surface area contributed by atoms with Crippen molar-refractivity contribution in [3.63, 3.8) is 0 Å². The van der Waals surface area contributed by atoms with Crippen LogP contribution in [-0.4, -0.2) is 43.0 Å². The Labute approximate surface area is 146 Å². The first-order valence-corrected chi connectivity index (χ1v) is 9.78. The molecule has 0 bridgehead atoms. The lowest BCUT2D eigenvalue weighted by Crippen LogP contribution is -2.25. The van der Waals surface area contributed by atoms with Crippen LogP contribution in [0.5, 0.6) is 5.19 Å². The van der Waals surface area contributed by atoms with Crippen molar-refractivity contribution in [3.8, 4) is 5.19 Å². The highest BCUT2D eigenvalue weighted by molar-refractivity contribution is 7.13. The largest absolute Gasteiger partial charge is 0.469 e. The summed E-state index contributed by atoms with van der Waals surface area (Å²) in [6, 6.07) is 0.351. The van der Waals surface area contributed by atoms with Crippen LogP contribution >= 0.6 is 11.3 Å². The van der Waals surface area contributed by atoms with E-state index in [1.165, 1.54) is 31.5 Å². The predicted molar refractivity (Wildman–Crippen MR) is 91.0 cm³/mol. The minimum absolute atomic E-state index is 0.351.